The zero-order valence-corrected chi connectivity index (χ0v) is 8.62. The monoisotopic (exact) mass is 219 g/mol. The molecule has 0 radical (unpaired) electrons. The molecule has 0 unspecified atom stereocenters. The van der Waals surface area contributed by atoms with E-state index in [1.807, 2.05) is 16.8 Å². The number of carbonyl (C=O) groups is 1. The van der Waals surface area contributed by atoms with Gasteiger partial charge in [-0.25, -0.2) is 4.79 Å². The summed E-state index contributed by atoms with van der Waals surface area (Å²) in [4.78, 5) is 10.6. The highest BCUT2D eigenvalue weighted by Crippen LogP contribution is 2.19. The van der Waals surface area contributed by atoms with Gasteiger partial charge in [0.1, 0.15) is 0 Å². The van der Waals surface area contributed by atoms with Gasteiger partial charge in [-0.1, -0.05) is 0 Å². The van der Waals surface area contributed by atoms with E-state index in [9.17, 15) is 4.79 Å². The summed E-state index contributed by atoms with van der Waals surface area (Å²) in [6.45, 7) is 0. The van der Waals surface area contributed by atoms with Gasteiger partial charge >= 0.3 is 5.97 Å². The summed E-state index contributed by atoms with van der Waals surface area (Å²) in [6.07, 6.45) is 0. The molecule has 4 heteroatoms. The average Bonchev–Trinajstić information content (AvgIpc) is 2.71. The molecule has 3 nitrogen and oxygen atoms in total. The molecule has 0 bridgehead atoms. The standard InChI is InChI=1S/C11H9NO2S/c13-11(14)8-1-3-9(4-2-8)12-10-5-6-15-7-10/h1-7,12H,(H,13,14). The molecule has 2 aromatic rings. The van der Waals surface area contributed by atoms with Gasteiger partial charge in [0.15, 0.2) is 0 Å². The fourth-order valence-electron chi connectivity index (χ4n) is 1.20. The van der Waals surface area contributed by atoms with Crippen LogP contribution in [0.25, 0.3) is 0 Å². The summed E-state index contributed by atoms with van der Waals surface area (Å²) in [5.74, 6) is -0.905. The van der Waals surface area contributed by atoms with Gasteiger partial charge in [0.25, 0.3) is 0 Å². The summed E-state index contributed by atoms with van der Waals surface area (Å²) < 4.78 is 0. The number of carboxylic acid groups (broad SMARTS) is 1. The van der Waals surface area contributed by atoms with Crippen LogP contribution in [0.4, 0.5) is 11.4 Å². The molecule has 2 rings (SSSR count). The van der Waals surface area contributed by atoms with Gasteiger partial charge in [-0.05, 0) is 35.7 Å². The lowest BCUT2D eigenvalue weighted by Crippen LogP contribution is -1.96. The first-order valence-electron chi connectivity index (χ1n) is 4.38. The highest BCUT2D eigenvalue weighted by molar-refractivity contribution is 7.08. The zero-order chi connectivity index (χ0) is 10.7. The summed E-state index contributed by atoms with van der Waals surface area (Å²) in [5, 5.41) is 15.9. The number of thiophene rings is 1. The lowest BCUT2D eigenvalue weighted by molar-refractivity contribution is 0.0697. The molecule has 0 fully saturated rings. The number of anilines is 2. The first kappa shape index (κ1) is 9.73. The highest BCUT2D eigenvalue weighted by Gasteiger charge is 2.01. The molecule has 0 atom stereocenters. The van der Waals surface area contributed by atoms with E-state index in [0.717, 1.165) is 11.4 Å². The Labute approximate surface area is 91.0 Å². The van der Waals surface area contributed by atoms with Crippen molar-refractivity contribution in [2.45, 2.75) is 0 Å². The van der Waals surface area contributed by atoms with Crippen molar-refractivity contribution in [2.24, 2.45) is 0 Å². The summed E-state index contributed by atoms with van der Waals surface area (Å²) in [5.41, 5.74) is 2.20. The number of aromatic carboxylic acids is 1. The van der Waals surface area contributed by atoms with Gasteiger partial charge in [-0.15, -0.1) is 0 Å². The van der Waals surface area contributed by atoms with Crippen LogP contribution in [0.1, 0.15) is 10.4 Å². The van der Waals surface area contributed by atoms with Crippen LogP contribution in [0, 0.1) is 0 Å². The smallest absolute Gasteiger partial charge is 0.335 e. The number of carboxylic acids is 1. The first-order chi connectivity index (χ1) is 7.25. The number of benzene rings is 1. The summed E-state index contributed by atoms with van der Waals surface area (Å²) >= 11 is 1.61. The Balaban J connectivity index is 2.14. The second-order valence-corrected chi connectivity index (χ2v) is 3.80. The molecule has 76 valence electrons. The number of hydrogen-bond acceptors (Lipinski definition) is 3. The highest BCUT2D eigenvalue weighted by atomic mass is 32.1. The van der Waals surface area contributed by atoms with Crippen LogP contribution >= 0.6 is 11.3 Å². The Morgan fingerprint density at radius 3 is 2.40 bits per heavy atom. The van der Waals surface area contributed by atoms with Crippen molar-refractivity contribution in [3.63, 3.8) is 0 Å². The minimum Gasteiger partial charge on any atom is -0.478 e. The van der Waals surface area contributed by atoms with Crippen LogP contribution < -0.4 is 5.32 Å². The minimum absolute atomic E-state index is 0.297. The SMILES string of the molecule is O=C(O)c1ccc(Nc2ccsc2)cc1. The van der Waals surface area contributed by atoms with Crippen LogP contribution in [0.3, 0.4) is 0 Å². The van der Waals surface area contributed by atoms with Crippen LogP contribution in [0.15, 0.2) is 41.1 Å². The molecule has 0 aliphatic heterocycles. The molecule has 1 aromatic carbocycles. The lowest BCUT2D eigenvalue weighted by Gasteiger charge is -2.03. The first-order valence-corrected chi connectivity index (χ1v) is 5.32. The van der Waals surface area contributed by atoms with Gasteiger partial charge in [0.2, 0.25) is 0 Å². The number of rotatable bonds is 3. The molecule has 15 heavy (non-hydrogen) atoms. The van der Waals surface area contributed by atoms with Gasteiger partial charge in [0, 0.05) is 16.8 Å². The van der Waals surface area contributed by atoms with Crippen molar-refractivity contribution < 1.29 is 9.90 Å². The van der Waals surface area contributed by atoms with Crippen LogP contribution in [0.2, 0.25) is 0 Å². The molecular formula is C11H9NO2S. The van der Waals surface area contributed by atoms with Gasteiger partial charge < -0.3 is 10.4 Å². The van der Waals surface area contributed by atoms with E-state index in [2.05, 4.69) is 5.32 Å². The number of nitrogens with one attached hydrogen (secondary N) is 1. The predicted octanol–water partition coefficient (Wildman–Crippen LogP) is 3.19. The second kappa shape index (κ2) is 4.14. The van der Waals surface area contributed by atoms with Gasteiger partial charge in [-0.3, -0.25) is 0 Å². The molecule has 2 N–H and O–H groups in total. The third-order valence-electron chi connectivity index (χ3n) is 1.94. The van der Waals surface area contributed by atoms with E-state index < -0.39 is 5.97 Å². The van der Waals surface area contributed by atoms with E-state index in [1.165, 1.54) is 0 Å². The Kier molecular flexibility index (Phi) is 2.69. The molecule has 0 spiro atoms. The van der Waals surface area contributed by atoms with Crippen molar-refractivity contribution >= 4 is 28.7 Å². The molecule has 0 aliphatic carbocycles. The zero-order valence-electron chi connectivity index (χ0n) is 7.81. The maximum absolute atomic E-state index is 10.6. The third kappa shape index (κ3) is 2.35. The van der Waals surface area contributed by atoms with Crippen LogP contribution in [0.5, 0.6) is 0 Å². The average molecular weight is 219 g/mol. The second-order valence-electron chi connectivity index (χ2n) is 3.02. The largest absolute Gasteiger partial charge is 0.478 e. The minimum atomic E-state index is -0.905. The lowest BCUT2D eigenvalue weighted by atomic mass is 10.2. The fourth-order valence-corrected chi connectivity index (χ4v) is 1.79. The molecule has 0 saturated carbocycles. The van der Waals surface area contributed by atoms with Crippen molar-refractivity contribution in [3.05, 3.63) is 46.7 Å². The molecule has 0 saturated heterocycles. The maximum Gasteiger partial charge on any atom is 0.335 e. The van der Waals surface area contributed by atoms with E-state index in [0.29, 0.717) is 5.56 Å². The number of hydrogen-bond donors (Lipinski definition) is 2. The molecule has 0 aliphatic rings. The Bertz CT molecular complexity index is 448. The Hall–Kier alpha value is -1.81. The van der Waals surface area contributed by atoms with Gasteiger partial charge in [0.05, 0.1) is 5.56 Å². The van der Waals surface area contributed by atoms with Gasteiger partial charge in [-0.2, -0.15) is 11.3 Å². The van der Waals surface area contributed by atoms with E-state index in [4.69, 9.17) is 5.11 Å². The Morgan fingerprint density at radius 1 is 1.13 bits per heavy atom. The van der Waals surface area contributed by atoms with Crippen molar-refractivity contribution in [1.29, 1.82) is 0 Å². The Morgan fingerprint density at radius 2 is 1.87 bits per heavy atom. The molecular weight excluding hydrogens is 210 g/mol. The molecule has 0 amide bonds. The van der Waals surface area contributed by atoms with E-state index >= 15 is 0 Å². The molecule has 1 heterocycles. The van der Waals surface area contributed by atoms with Crippen LogP contribution in [-0.4, -0.2) is 11.1 Å². The van der Waals surface area contributed by atoms with Crippen LogP contribution in [-0.2, 0) is 0 Å². The predicted molar refractivity (Wildman–Crippen MR) is 61.0 cm³/mol. The van der Waals surface area contributed by atoms with Crippen molar-refractivity contribution in [1.82, 2.24) is 0 Å². The van der Waals surface area contributed by atoms with Crippen molar-refractivity contribution in [3.8, 4) is 0 Å². The van der Waals surface area contributed by atoms with Crippen molar-refractivity contribution in [2.75, 3.05) is 5.32 Å². The summed E-state index contributed by atoms with van der Waals surface area (Å²) in [6, 6.07) is 8.63. The van der Waals surface area contributed by atoms with E-state index in [-0.39, 0.29) is 0 Å². The maximum atomic E-state index is 10.6. The normalized spacial score (nSPS) is 9.87. The topological polar surface area (TPSA) is 49.3 Å². The summed E-state index contributed by atoms with van der Waals surface area (Å²) in [7, 11) is 0. The molecule has 1 aromatic heterocycles. The van der Waals surface area contributed by atoms with E-state index in [1.54, 1.807) is 35.6 Å². The third-order valence-corrected chi connectivity index (χ3v) is 2.62. The fraction of sp³-hybridized carbons (Fsp3) is 0. The quantitative estimate of drug-likeness (QED) is 0.833.